The standard InChI is InChI=1S/C28H31NO3.ClH/c30-26(20-29-17-16-25(19-29)23-12-6-2-7-13-23)21-32-27(18-22-10-4-1-5-11-22)28(31)24-14-8-3-9-15-24;/h1-15,25-27,30H,16-21H2;1H. The molecule has 0 aromatic heterocycles. The van der Waals surface area contributed by atoms with Gasteiger partial charge in [0.25, 0.3) is 0 Å². The van der Waals surface area contributed by atoms with E-state index in [1.807, 2.05) is 66.7 Å². The molecule has 3 aromatic carbocycles. The zero-order valence-corrected chi connectivity index (χ0v) is 19.6. The average molecular weight is 466 g/mol. The van der Waals surface area contributed by atoms with Crippen molar-refractivity contribution in [3.05, 3.63) is 108 Å². The lowest BCUT2D eigenvalue weighted by molar-refractivity contribution is -0.0114. The van der Waals surface area contributed by atoms with Gasteiger partial charge in [0.1, 0.15) is 6.10 Å². The van der Waals surface area contributed by atoms with Gasteiger partial charge in [-0.25, -0.2) is 0 Å². The number of likely N-dealkylation sites (tertiary alicyclic amines) is 1. The molecule has 3 unspecified atom stereocenters. The fourth-order valence-electron chi connectivity index (χ4n) is 4.42. The lowest BCUT2D eigenvalue weighted by Crippen LogP contribution is -2.36. The second-order valence-electron chi connectivity index (χ2n) is 8.55. The van der Waals surface area contributed by atoms with Crippen molar-refractivity contribution in [1.29, 1.82) is 0 Å². The van der Waals surface area contributed by atoms with Crippen LogP contribution < -0.4 is 0 Å². The monoisotopic (exact) mass is 465 g/mol. The van der Waals surface area contributed by atoms with Crippen LogP contribution in [0, 0.1) is 0 Å². The number of benzene rings is 3. The fraction of sp³-hybridized carbons (Fsp3) is 0.321. The van der Waals surface area contributed by atoms with Crippen LogP contribution in [0.25, 0.3) is 0 Å². The van der Waals surface area contributed by atoms with Gasteiger partial charge in [0.05, 0.1) is 12.7 Å². The second-order valence-corrected chi connectivity index (χ2v) is 8.55. The summed E-state index contributed by atoms with van der Waals surface area (Å²) in [5, 5.41) is 10.7. The summed E-state index contributed by atoms with van der Waals surface area (Å²) in [6.45, 7) is 2.61. The topological polar surface area (TPSA) is 49.8 Å². The second kappa shape index (κ2) is 12.7. The molecule has 174 valence electrons. The molecule has 1 aliphatic heterocycles. The lowest BCUT2D eigenvalue weighted by atomic mass is 9.99. The predicted octanol–water partition coefficient (Wildman–Crippen LogP) is 4.77. The van der Waals surface area contributed by atoms with Crippen LogP contribution in [0.1, 0.15) is 33.8 Å². The van der Waals surface area contributed by atoms with E-state index in [2.05, 4.69) is 29.2 Å². The highest BCUT2D eigenvalue weighted by Gasteiger charge is 2.27. The van der Waals surface area contributed by atoms with Gasteiger partial charge in [-0.2, -0.15) is 0 Å². The van der Waals surface area contributed by atoms with E-state index in [1.165, 1.54) is 5.56 Å². The van der Waals surface area contributed by atoms with Crippen LogP contribution >= 0.6 is 12.4 Å². The van der Waals surface area contributed by atoms with Crippen LogP contribution in [-0.2, 0) is 11.2 Å². The molecule has 1 N–H and O–H groups in total. The number of rotatable bonds is 10. The quantitative estimate of drug-likeness (QED) is 0.438. The Balaban J connectivity index is 0.00000306. The number of carbonyl (C=O) groups is 1. The number of hydrogen-bond donors (Lipinski definition) is 1. The van der Waals surface area contributed by atoms with Crippen molar-refractivity contribution < 1.29 is 14.6 Å². The zero-order chi connectivity index (χ0) is 22.2. The van der Waals surface area contributed by atoms with Crippen LogP contribution in [0.3, 0.4) is 0 Å². The molecule has 1 aliphatic rings. The fourth-order valence-corrected chi connectivity index (χ4v) is 4.42. The highest BCUT2D eigenvalue weighted by atomic mass is 35.5. The number of hydrogen-bond acceptors (Lipinski definition) is 4. The van der Waals surface area contributed by atoms with Crippen molar-refractivity contribution in [3.8, 4) is 0 Å². The number of Topliss-reactive ketones (excluding diaryl/α,β-unsaturated/α-hetero) is 1. The minimum absolute atomic E-state index is 0. The van der Waals surface area contributed by atoms with Gasteiger partial charge in [0.15, 0.2) is 5.78 Å². The Kier molecular flexibility index (Phi) is 9.64. The van der Waals surface area contributed by atoms with Gasteiger partial charge in [-0.3, -0.25) is 4.79 Å². The van der Waals surface area contributed by atoms with Gasteiger partial charge in [-0.1, -0.05) is 91.0 Å². The first-order valence-corrected chi connectivity index (χ1v) is 11.4. The van der Waals surface area contributed by atoms with E-state index in [9.17, 15) is 9.90 Å². The van der Waals surface area contributed by atoms with Crippen molar-refractivity contribution in [2.45, 2.75) is 31.0 Å². The molecule has 0 radical (unpaired) electrons. The summed E-state index contributed by atoms with van der Waals surface area (Å²) in [5.41, 5.74) is 3.03. The number of β-amino-alcohol motifs (C(OH)–C–C–N with tert-alkyl or cyclic N) is 1. The normalized spacial score (nSPS) is 17.8. The average Bonchev–Trinajstić information content (AvgIpc) is 3.31. The molecule has 1 fully saturated rings. The van der Waals surface area contributed by atoms with E-state index in [-0.39, 0.29) is 24.8 Å². The molecule has 0 bridgehead atoms. The molecule has 33 heavy (non-hydrogen) atoms. The van der Waals surface area contributed by atoms with Crippen molar-refractivity contribution in [2.24, 2.45) is 0 Å². The molecule has 3 atom stereocenters. The SMILES string of the molecule is Cl.O=C(c1ccccc1)C(Cc1ccccc1)OCC(O)CN1CCC(c2ccccc2)C1. The highest BCUT2D eigenvalue weighted by Crippen LogP contribution is 2.27. The third-order valence-electron chi connectivity index (χ3n) is 6.12. The number of aliphatic hydroxyl groups is 1. The van der Waals surface area contributed by atoms with E-state index in [0.29, 0.717) is 24.4 Å². The van der Waals surface area contributed by atoms with Crippen molar-refractivity contribution >= 4 is 18.2 Å². The molecule has 1 saturated heterocycles. The van der Waals surface area contributed by atoms with Crippen molar-refractivity contribution in [1.82, 2.24) is 4.90 Å². The summed E-state index contributed by atoms with van der Waals surface area (Å²) in [5.74, 6) is 0.460. The van der Waals surface area contributed by atoms with Crippen LogP contribution in [0.4, 0.5) is 0 Å². The maximum absolute atomic E-state index is 13.1. The Morgan fingerprint density at radius 1 is 0.939 bits per heavy atom. The maximum atomic E-state index is 13.1. The summed E-state index contributed by atoms with van der Waals surface area (Å²) in [6, 6.07) is 29.7. The summed E-state index contributed by atoms with van der Waals surface area (Å²) in [4.78, 5) is 15.4. The molecule has 0 spiro atoms. The molecule has 5 heteroatoms. The highest BCUT2D eigenvalue weighted by molar-refractivity contribution is 5.99. The third-order valence-corrected chi connectivity index (χ3v) is 6.12. The molecule has 4 nitrogen and oxygen atoms in total. The van der Waals surface area contributed by atoms with Crippen LogP contribution in [0.2, 0.25) is 0 Å². The van der Waals surface area contributed by atoms with Gasteiger partial charge < -0.3 is 14.7 Å². The summed E-state index contributed by atoms with van der Waals surface area (Å²) >= 11 is 0. The number of ketones is 1. The van der Waals surface area contributed by atoms with E-state index < -0.39 is 12.2 Å². The first kappa shape index (κ1) is 25.1. The number of nitrogens with zero attached hydrogens (tertiary/aromatic N) is 1. The summed E-state index contributed by atoms with van der Waals surface area (Å²) < 4.78 is 6.02. The Labute approximate surface area is 202 Å². The Bertz CT molecular complexity index is 968. The lowest BCUT2D eigenvalue weighted by Gasteiger charge is -2.23. The number of aliphatic hydroxyl groups excluding tert-OH is 1. The summed E-state index contributed by atoms with van der Waals surface area (Å²) in [7, 11) is 0. The van der Waals surface area contributed by atoms with E-state index >= 15 is 0 Å². The minimum Gasteiger partial charge on any atom is -0.389 e. The Hall–Kier alpha value is -2.50. The molecule has 4 rings (SSSR count). The zero-order valence-electron chi connectivity index (χ0n) is 18.8. The Morgan fingerprint density at radius 2 is 1.55 bits per heavy atom. The van der Waals surface area contributed by atoms with Gasteiger partial charge in [0.2, 0.25) is 0 Å². The maximum Gasteiger partial charge on any atom is 0.191 e. The smallest absolute Gasteiger partial charge is 0.191 e. The molecule has 0 aliphatic carbocycles. The summed E-state index contributed by atoms with van der Waals surface area (Å²) in [6.07, 6.45) is 0.332. The molecular formula is C28H32ClNO3. The molecule has 1 heterocycles. The van der Waals surface area contributed by atoms with E-state index in [0.717, 1.165) is 25.1 Å². The van der Waals surface area contributed by atoms with Gasteiger partial charge >= 0.3 is 0 Å². The number of halogens is 1. The largest absolute Gasteiger partial charge is 0.389 e. The third kappa shape index (κ3) is 7.24. The molecule has 0 saturated carbocycles. The van der Waals surface area contributed by atoms with E-state index in [1.54, 1.807) is 0 Å². The predicted molar refractivity (Wildman–Crippen MR) is 134 cm³/mol. The first-order valence-electron chi connectivity index (χ1n) is 11.4. The van der Waals surface area contributed by atoms with E-state index in [4.69, 9.17) is 4.74 Å². The van der Waals surface area contributed by atoms with Crippen LogP contribution in [0.5, 0.6) is 0 Å². The molecule has 0 amide bonds. The Morgan fingerprint density at radius 3 is 2.21 bits per heavy atom. The minimum atomic E-state index is -0.633. The van der Waals surface area contributed by atoms with Crippen LogP contribution in [0.15, 0.2) is 91.0 Å². The first-order chi connectivity index (χ1) is 15.7. The van der Waals surface area contributed by atoms with Gasteiger partial charge in [-0.15, -0.1) is 12.4 Å². The van der Waals surface area contributed by atoms with Crippen molar-refractivity contribution in [3.63, 3.8) is 0 Å². The number of ether oxygens (including phenoxy) is 1. The van der Waals surface area contributed by atoms with Gasteiger partial charge in [-0.05, 0) is 30.0 Å². The molecule has 3 aromatic rings. The number of carbonyl (C=O) groups excluding carboxylic acids is 1. The van der Waals surface area contributed by atoms with Crippen LogP contribution in [-0.4, -0.2) is 54.2 Å². The molecular weight excluding hydrogens is 434 g/mol. The van der Waals surface area contributed by atoms with Gasteiger partial charge in [0, 0.05) is 25.1 Å². The van der Waals surface area contributed by atoms with Crippen molar-refractivity contribution in [2.75, 3.05) is 26.2 Å².